The predicted molar refractivity (Wildman–Crippen MR) is 114 cm³/mol. The lowest BCUT2D eigenvalue weighted by Gasteiger charge is -2.20. The molecule has 3 nitrogen and oxygen atoms in total. The van der Waals surface area contributed by atoms with Gasteiger partial charge in [-0.15, -0.1) is 0 Å². The van der Waals surface area contributed by atoms with Crippen molar-refractivity contribution in [2.24, 2.45) is 0 Å². The van der Waals surface area contributed by atoms with E-state index in [9.17, 15) is 4.79 Å². The number of benzene rings is 3. The summed E-state index contributed by atoms with van der Waals surface area (Å²) in [7, 11) is 0. The van der Waals surface area contributed by atoms with Crippen LogP contribution in [0.15, 0.2) is 66.7 Å². The van der Waals surface area contributed by atoms with E-state index in [1.54, 1.807) is 0 Å². The maximum atomic E-state index is 12.7. The van der Waals surface area contributed by atoms with E-state index >= 15 is 0 Å². The lowest BCUT2D eigenvalue weighted by Crippen LogP contribution is -2.33. The molecule has 144 valence electrons. The van der Waals surface area contributed by atoms with Crippen LogP contribution in [-0.2, 0) is 4.79 Å². The van der Waals surface area contributed by atoms with E-state index in [0.29, 0.717) is 0 Å². The molecule has 0 radical (unpaired) electrons. The van der Waals surface area contributed by atoms with Crippen molar-refractivity contribution < 1.29 is 9.53 Å². The number of carbonyl (C=O) groups is 1. The van der Waals surface area contributed by atoms with Gasteiger partial charge in [-0.1, -0.05) is 66.2 Å². The van der Waals surface area contributed by atoms with Gasteiger partial charge in [0, 0.05) is 0 Å². The van der Waals surface area contributed by atoms with Gasteiger partial charge in [-0.05, 0) is 61.6 Å². The third-order valence-electron chi connectivity index (χ3n) is 4.97. The van der Waals surface area contributed by atoms with E-state index < -0.39 is 0 Å². The van der Waals surface area contributed by atoms with Crippen LogP contribution in [-0.4, -0.2) is 12.5 Å². The lowest BCUT2D eigenvalue weighted by molar-refractivity contribution is -0.123. The molecule has 3 aromatic carbocycles. The summed E-state index contributed by atoms with van der Waals surface area (Å²) in [5.74, 6) is 0.618. The minimum absolute atomic E-state index is 0.0150. The molecule has 1 N–H and O–H groups in total. The molecule has 0 aliphatic carbocycles. The summed E-state index contributed by atoms with van der Waals surface area (Å²) in [4.78, 5) is 12.7. The number of ether oxygens (including phenoxy) is 1. The monoisotopic (exact) mass is 373 g/mol. The third-order valence-corrected chi connectivity index (χ3v) is 4.97. The maximum Gasteiger partial charge on any atom is 0.258 e. The molecule has 0 aliphatic rings. The van der Waals surface area contributed by atoms with Crippen molar-refractivity contribution in [3.8, 4) is 5.75 Å². The third kappa shape index (κ3) is 4.80. The average molecular weight is 373 g/mol. The first-order chi connectivity index (χ1) is 13.4. The van der Waals surface area contributed by atoms with Gasteiger partial charge in [-0.3, -0.25) is 4.79 Å². The highest BCUT2D eigenvalue weighted by Crippen LogP contribution is 2.24. The van der Waals surface area contributed by atoms with Crippen molar-refractivity contribution >= 4 is 5.91 Å². The minimum atomic E-state index is -0.210. The molecule has 0 aliphatic heterocycles. The lowest BCUT2D eigenvalue weighted by atomic mass is 9.98. The molecule has 0 heterocycles. The van der Waals surface area contributed by atoms with Crippen molar-refractivity contribution in [1.82, 2.24) is 5.32 Å². The molecule has 0 bridgehead atoms. The Morgan fingerprint density at radius 1 is 0.857 bits per heavy atom. The van der Waals surface area contributed by atoms with Crippen LogP contribution in [0.1, 0.15) is 39.4 Å². The van der Waals surface area contributed by atoms with Gasteiger partial charge in [0.25, 0.3) is 5.91 Å². The Morgan fingerprint density at radius 3 is 2.18 bits per heavy atom. The molecule has 0 fully saturated rings. The van der Waals surface area contributed by atoms with Gasteiger partial charge in [0.15, 0.2) is 6.61 Å². The fourth-order valence-corrected chi connectivity index (χ4v) is 3.26. The molecule has 0 unspecified atom stereocenters. The number of carbonyl (C=O) groups excluding carboxylic acids is 1. The van der Waals surface area contributed by atoms with Crippen LogP contribution in [0.25, 0.3) is 0 Å². The highest BCUT2D eigenvalue weighted by Gasteiger charge is 2.17. The Bertz CT molecular complexity index is 946. The van der Waals surface area contributed by atoms with Gasteiger partial charge in [0.2, 0.25) is 0 Å². The second kappa shape index (κ2) is 8.75. The normalized spacial score (nSPS) is 11.7. The molecule has 3 heteroatoms. The summed E-state index contributed by atoms with van der Waals surface area (Å²) in [6, 6.07) is 22.1. The van der Waals surface area contributed by atoms with Gasteiger partial charge in [-0.25, -0.2) is 0 Å². The molecular weight excluding hydrogens is 346 g/mol. The van der Waals surface area contributed by atoms with Crippen LogP contribution < -0.4 is 10.1 Å². The van der Waals surface area contributed by atoms with Crippen molar-refractivity contribution in [2.45, 2.75) is 33.7 Å². The molecule has 0 saturated heterocycles. The fraction of sp³-hybridized carbons (Fsp3) is 0.240. The van der Waals surface area contributed by atoms with Gasteiger partial charge in [0.1, 0.15) is 5.75 Å². The highest BCUT2D eigenvalue weighted by molar-refractivity contribution is 5.78. The molecule has 1 atom stereocenters. The van der Waals surface area contributed by atoms with Crippen molar-refractivity contribution in [3.05, 3.63) is 100 Å². The topological polar surface area (TPSA) is 38.3 Å². The molecular formula is C25H27NO2. The summed E-state index contributed by atoms with van der Waals surface area (Å²) >= 11 is 0. The standard InChI is InChI=1S/C25H27NO2/c1-17-10-12-22(13-11-17)25(21-8-6-5-7-9-21)26-24(27)16-28-23-15-18(2)14-19(3)20(23)4/h5-15,25H,16H2,1-4H3,(H,26,27)/t25-/m1/s1. The molecule has 3 rings (SSSR count). The number of hydrogen-bond acceptors (Lipinski definition) is 2. The van der Waals surface area contributed by atoms with Crippen LogP contribution in [0.5, 0.6) is 5.75 Å². The molecule has 0 aromatic heterocycles. The fourth-order valence-electron chi connectivity index (χ4n) is 3.26. The van der Waals surface area contributed by atoms with Gasteiger partial charge >= 0.3 is 0 Å². The van der Waals surface area contributed by atoms with E-state index in [2.05, 4.69) is 49.5 Å². The molecule has 0 saturated carbocycles. The zero-order chi connectivity index (χ0) is 20.1. The number of nitrogens with one attached hydrogen (secondary N) is 1. The van der Waals surface area contributed by atoms with Gasteiger partial charge < -0.3 is 10.1 Å². The Hall–Kier alpha value is -3.07. The van der Waals surface area contributed by atoms with E-state index in [1.807, 2.05) is 50.2 Å². The predicted octanol–water partition coefficient (Wildman–Crippen LogP) is 5.20. The molecule has 1 amide bonds. The number of aryl methyl sites for hydroxylation is 3. The first-order valence-electron chi connectivity index (χ1n) is 9.55. The zero-order valence-electron chi connectivity index (χ0n) is 17.0. The van der Waals surface area contributed by atoms with Crippen LogP contribution in [0.4, 0.5) is 0 Å². The van der Waals surface area contributed by atoms with E-state index in [-0.39, 0.29) is 18.6 Å². The van der Waals surface area contributed by atoms with Crippen molar-refractivity contribution in [2.75, 3.05) is 6.61 Å². The van der Waals surface area contributed by atoms with Crippen LogP contribution in [0.2, 0.25) is 0 Å². The van der Waals surface area contributed by atoms with Crippen LogP contribution in [0, 0.1) is 27.7 Å². The summed E-state index contributed by atoms with van der Waals surface area (Å²) in [5, 5.41) is 3.12. The Morgan fingerprint density at radius 2 is 1.50 bits per heavy atom. The van der Waals surface area contributed by atoms with Crippen molar-refractivity contribution in [3.63, 3.8) is 0 Å². The maximum absolute atomic E-state index is 12.7. The van der Waals surface area contributed by atoms with Crippen molar-refractivity contribution in [1.29, 1.82) is 0 Å². The summed E-state index contributed by atoms with van der Waals surface area (Å²) < 4.78 is 5.84. The van der Waals surface area contributed by atoms with Crippen LogP contribution >= 0.6 is 0 Å². The summed E-state index contributed by atoms with van der Waals surface area (Å²) in [5.41, 5.74) is 6.64. The van der Waals surface area contributed by atoms with E-state index in [0.717, 1.165) is 33.6 Å². The van der Waals surface area contributed by atoms with E-state index in [1.165, 1.54) is 5.56 Å². The smallest absolute Gasteiger partial charge is 0.258 e. The number of hydrogen-bond donors (Lipinski definition) is 1. The number of rotatable bonds is 6. The zero-order valence-corrected chi connectivity index (χ0v) is 17.0. The highest BCUT2D eigenvalue weighted by atomic mass is 16.5. The Kier molecular flexibility index (Phi) is 6.15. The van der Waals surface area contributed by atoms with Gasteiger partial charge in [-0.2, -0.15) is 0 Å². The molecule has 3 aromatic rings. The van der Waals surface area contributed by atoms with Gasteiger partial charge in [0.05, 0.1) is 6.04 Å². The first-order valence-corrected chi connectivity index (χ1v) is 9.55. The average Bonchev–Trinajstić information content (AvgIpc) is 2.69. The second-order valence-corrected chi connectivity index (χ2v) is 7.32. The second-order valence-electron chi connectivity index (χ2n) is 7.32. The quantitative estimate of drug-likeness (QED) is 0.644. The number of amides is 1. The van der Waals surface area contributed by atoms with E-state index in [4.69, 9.17) is 4.74 Å². The largest absolute Gasteiger partial charge is 0.483 e. The Balaban J connectivity index is 1.76. The first kappa shape index (κ1) is 19.7. The SMILES string of the molecule is Cc1ccc([C@H](NC(=O)COc2cc(C)cc(C)c2C)c2ccccc2)cc1. The minimum Gasteiger partial charge on any atom is -0.483 e. The molecule has 28 heavy (non-hydrogen) atoms. The summed E-state index contributed by atoms with van der Waals surface area (Å²) in [6.07, 6.45) is 0. The summed E-state index contributed by atoms with van der Waals surface area (Å²) in [6.45, 7) is 8.14. The van der Waals surface area contributed by atoms with Crippen LogP contribution in [0.3, 0.4) is 0 Å². The Labute approximate surface area is 167 Å². The molecule has 0 spiro atoms.